The van der Waals surface area contributed by atoms with Crippen LogP contribution in [0.4, 0.5) is 0 Å². The molecule has 0 unspecified atom stereocenters. The molecule has 0 atom stereocenters. The molecule has 4 heteroatoms. The standard InChI is InChI=1S/C10H13NO3/c11-10(13)9-4-2-1-3-8(9)7-14-6-5-12/h1-4,12H,5-7H2,(H2,11,13). The maximum Gasteiger partial charge on any atom is 0.249 e. The van der Waals surface area contributed by atoms with Crippen LogP contribution in [0.5, 0.6) is 0 Å². The predicted molar refractivity (Wildman–Crippen MR) is 51.7 cm³/mol. The molecule has 1 rings (SSSR count). The molecule has 0 aliphatic rings. The fourth-order valence-corrected chi connectivity index (χ4v) is 1.13. The van der Waals surface area contributed by atoms with E-state index >= 15 is 0 Å². The third kappa shape index (κ3) is 2.83. The van der Waals surface area contributed by atoms with Crippen LogP contribution in [0.1, 0.15) is 15.9 Å². The highest BCUT2D eigenvalue weighted by Gasteiger charge is 2.06. The van der Waals surface area contributed by atoms with Crippen LogP contribution in [0.25, 0.3) is 0 Å². The number of primary amides is 1. The molecule has 0 aromatic heterocycles. The highest BCUT2D eigenvalue weighted by molar-refractivity contribution is 5.94. The van der Waals surface area contributed by atoms with E-state index in [9.17, 15) is 4.79 Å². The van der Waals surface area contributed by atoms with Gasteiger partial charge in [0.05, 0.1) is 19.8 Å². The molecule has 0 radical (unpaired) electrons. The normalized spacial score (nSPS) is 10.1. The van der Waals surface area contributed by atoms with E-state index in [1.165, 1.54) is 0 Å². The number of rotatable bonds is 5. The molecule has 76 valence electrons. The Morgan fingerprint density at radius 1 is 1.43 bits per heavy atom. The second-order valence-electron chi connectivity index (χ2n) is 2.80. The van der Waals surface area contributed by atoms with Crippen molar-refractivity contribution >= 4 is 5.91 Å². The van der Waals surface area contributed by atoms with Crippen LogP contribution in [0.2, 0.25) is 0 Å². The van der Waals surface area contributed by atoms with E-state index in [0.29, 0.717) is 12.2 Å². The van der Waals surface area contributed by atoms with Crippen LogP contribution in [0.15, 0.2) is 24.3 Å². The third-order valence-electron chi connectivity index (χ3n) is 1.78. The van der Waals surface area contributed by atoms with Gasteiger partial charge in [-0.3, -0.25) is 4.79 Å². The van der Waals surface area contributed by atoms with Crippen molar-refractivity contribution in [2.45, 2.75) is 6.61 Å². The molecule has 0 aliphatic carbocycles. The van der Waals surface area contributed by atoms with Gasteiger partial charge in [0.15, 0.2) is 0 Å². The number of hydrogen-bond acceptors (Lipinski definition) is 3. The molecule has 0 bridgehead atoms. The van der Waals surface area contributed by atoms with Crippen molar-refractivity contribution in [3.63, 3.8) is 0 Å². The molecule has 0 heterocycles. The van der Waals surface area contributed by atoms with Crippen molar-refractivity contribution in [2.75, 3.05) is 13.2 Å². The molecule has 1 amide bonds. The lowest BCUT2D eigenvalue weighted by Gasteiger charge is -2.06. The SMILES string of the molecule is NC(=O)c1ccccc1COCCO. The van der Waals surface area contributed by atoms with Crippen LogP contribution in [-0.4, -0.2) is 24.2 Å². The molecule has 1 aromatic rings. The number of benzene rings is 1. The summed E-state index contributed by atoms with van der Waals surface area (Å²) in [4.78, 5) is 11.0. The van der Waals surface area contributed by atoms with E-state index in [-0.39, 0.29) is 13.2 Å². The third-order valence-corrected chi connectivity index (χ3v) is 1.78. The van der Waals surface area contributed by atoms with Gasteiger partial charge in [-0.1, -0.05) is 18.2 Å². The minimum absolute atomic E-state index is 0.0290. The lowest BCUT2D eigenvalue weighted by Crippen LogP contribution is -2.14. The van der Waals surface area contributed by atoms with Crippen molar-refractivity contribution < 1.29 is 14.6 Å². The molecular formula is C10H13NO3. The summed E-state index contributed by atoms with van der Waals surface area (Å²) in [7, 11) is 0. The second kappa shape index (κ2) is 5.36. The number of aliphatic hydroxyl groups excluding tert-OH is 1. The van der Waals surface area contributed by atoms with Gasteiger partial charge in [-0.2, -0.15) is 0 Å². The monoisotopic (exact) mass is 195 g/mol. The van der Waals surface area contributed by atoms with E-state index in [4.69, 9.17) is 15.6 Å². The first-order chi connectivity index (χ1) is 6.75. The molecule has 0 saturated carbocycles. The fraction of sp³-hybridized carbons (Fsp3) is 0.300. The number of ether oxygens (including phenoxy) is 1. The molecule has 4 nitrogen and oxygen atoms in total. The van der Waals surface area contributed by atoms with Crippen LogP contribution in [0, 0.1) is 0 Å². The number of amides is 1. The first-order valence-electron chi connectivity index (χ1n) is 4.32. The lowest BCUT2D eigenvalue weighted by molar-refractivity contribution is 0.0803. The Balaban J connectivity index is 2.69. The first-order valence-corrected chi connectivity index (χ1v) is 4.32. The number of nitrogens with two attached hydrogens (primary N) is 1. The minimum atomic E-state index is -0.465. The number of carbonyl (C=O) groups is 1. The Morgan fingerprint density at radius 3 is 2.79 bits per heavy atom. The van der Waals surface area contributed by atoms with Crippen LogP contribution in [0.3, 0.4) is 0 Å². The Kier molecular flexibility index (Phi) is 4.10. The van der Waals surface area contributed by atoms with E-state index in [2.05, 4.69) is 0 Å². The molecule has 1 aromatic carbocycles. The highest BCUT2D eigenvalue weighted by Crippen LogP contribution is 2.08. The molecule has 0 spiro atoms. The van der Waals surface area contributed by atoms with Gasteiger partial charge in [0, 0.05) is 5.56 Å². The maximum atomic E-state index is 11.0. The van der Waals surface area contributed by atoms with Gasteiger partial charge >= 0.3 is 0 Å². The molecule has 3 N–H and O–H groups in total. The van der Waals surface area contributed by atoms with E-state index in [1.54, 1.807) is 18.2 Å². The zero-order valence-electron chi connectivity index (χ0n) is 7.77. The molecule has 0 fully saturated rings. The predicted octanol–water partition coefficient (Wildman–Crippen LogP) is 0.294. The lowest BCUT2D eigenvalue weighted by atomic mass is 10.1. The van der Waals surface area contributed by atoms with Crippen molar-refractivity contribution in [1.82, 2.24) is 0 Å². The Bertz CT molecular complexity index is 312. The van der Waals surface area contributed by atoms with Crippen LogP contribution in [-0.2, 0) is 11.3 Å². The van der Waals surface area contributed by atoms with Crippen LogP contribution < -0.4 is 5.73 Å². The van der Waals surface area contributed by atoms with Gasteiger partial charge in [-0.05, 0) is 11.6 Å². The van der Waals surface area contributed by atoms with E-state index in [1.807, 2.05) is 6.07 Å². The Labute approximate surface area is 82.3 Å². The number of aliphatic hydroxyl groups is 1. The Morgan fingerprint density at radius 2 is 2.14 bits per heavy atom. The van der Waals surface area contributed by atoms with Gasteiger partial charge in [-0.25, -0.2) is 0 Å². The quantitative estimate of drug-likeness (QED) is 0.663. The van der Waals surface area contributed by atoms with Crippen molar-refractivity contribution in [1.29, 1.82) is 0 Å². The summed E-state index contributed by atoms with van der Waals surface area (Å²) in [5.74, 6) is -0.465. The second-order valence-corrected chi connectivity index (χ2v) is 2.80. The van der Waals surface area contributed by atoms with E-state index < -0.39 is 5.91 Å². The van der Waals surface area contributed by atoms with Crippen molar-refractivity contribution in [2.24, 2.45) is 5.73 Å². The summed E-state index contributed by atoms with van der Waals surface area (Å²) in [5.41, 5.74) is 6.38. The van der Waals surface area contributed by atoms with Crippen molar-refractivity contribution in [3.05, 3.63) is 35.4 Å². The number of hydrogen-bond donors (Lipinski definition) is 2. The summed E-state index contributed by atoms with van der Waals surface area (Å²) < 4.78 is 5.10. The Hall–Kier alpha value is -1.39. The summed E-state index contributed by atoms with van der Waals surface area (Å²) in [6.45, 7) is 0.519. The smallest absolute Gasteiger partial charge is 0.249 e. The largest absolute Gasteiger partial charge is 0.394 e. The summed E-state index contributed by atoms with van der Waals surface area (Å²) >= 11 is 0. The number of carbonyl (C=O) groups excluding carboxylic acids is 1. The topological polar surface area (TPSA) is 72.6 Å². The zero-order chi connectivity index (χ0) is 10.4. The minimum Gasteiger partial charge on any atom is -0.394 e. The fourth-order valence-electron chi connectivity index (χ4n) is 1.13. The van der Waals surface area contributed by atoms with Gasteiger partial charge in [-0.15, -0.1) is 0 Å². The first kappa shape index (κ1) is 10.7. The molecular weight excluding hydrogens is 182 g/mol. The zero-order valence-corrected chi connectivity index (χ0v) is 7.77. The molecule has 0 saturated heterocycles. The van der Waals surface area contributed by atoms with Crippen molar-refractivity contribution in [3.8, 4) is 0 Å². The van der Waals surface area contributed by atoms with Crippen LogP contribution >= 0.6 is 0 Å². The average molecular weight is 195 g/mol. The highest BCUT2D eigenvalue weighted by atomic mass is 16.5. The van der Waals surface area contributed by atoms with Gasteiger partial charge in [0.25, 0.3) is 0 Å². The summed E-state index contributed by atoms with van der Waals surface area (Å²) in [6, 6.07) is 6.98. The maximum absolute atomic E-state index is 11.0. The molecule has 0 aliphatic heterocycles. The van der Waals surface area contributed by atoms with Gasteiger partial charge in [0.2, 0.25) is 5.91 Å². The van der Waals surface area contributed by atoms with Gasteiger partial charge in [0.1, 0.15) is 0 Å². The van der Waals surface area contributed by atoms with Gasteiger partial charge < -0.3 is 15.6 Å². The summed E-state index contributed by atoms with van der Waals surface area (Å²) in [6.07, 6.45) is 0. The summed E-state index contributed by atoms with van der Waals surface area (Å²) in [5, 5.41) is 8.51. The molecule has 14 heavy (non-hydrogen) atoms. The average Bonchev–Trinajstić information content (AvgIpc) is 2.19. The van der Waals surface area contributed by atoms with E-state index in [0.717, 1.165) is 5.56 Å².